The highest BCUT2D eigenvalue weighted by molar-refractivity contribution is 6.24. The number of phenolic OH excluding ortho intramolecular Hbond substituents is 1. The lowest BCUT2D eigenvalue weighted by Gasteiger charge is -2.46. The number of benzene rings is 1. The van der Waals surface area contributed by atoms with Gasteiger partial charge in [-0.05, 0) is 60.8 Å². The average molecular weight is 582 g/mol. The van der Waals surface area contributed by atoms with Gasteiger partial charge in [-0.15, -0.1) is 0 Å². The van der Waals surface area contributed by atoms with E-state index in [0.29, 0.717) is 12.1 Å². The molecule has 0 heterocycles. The van der Waals surface area contributed by atoms with E-state index >= 15 is 0 Å². The molecule has 4 aliphatic rings. The van der Waals surface area contributed by atoms with Crippen molar-refractivity contribution in [3.8, 4) is 5.75 Å². The molecule has 4 aliphatic carbocycles. The van der Waals surface area contributed by atoms with Crippen LogP contribution in [0.4, 0.5) is 5.69 Å². The number of anilines is 1. The molecular weight excluding hydrogens is 538 g/mol. The molecule has 1 amide bonds. The number of amides is 1. The summed E-state index contributed by atoms with van der Waals surface area (Å²) in [5.41, 5.74) is 4.48. The van der Waals surface area contributed by atoms with E-state index < -0.39 is 52.0 Å². The fourth-order valence-electron chi connectivity index (χ4n) is 8.04. The number of primary amides is 1. The number of carbonyl (C=O) groups excluding carboxylic acids is 3. The standard InChI is InChI=1S/C32H43N3O7/c1-5-35(16-31(2)9-7-6-8-10-31)15-18-13-21(36)24-20(26(18)34(3)4)12-17-11-19-14-22(37)25(30(33)41)29(40)32(19,42)28(39)23(17)27(24)38/h13,17,19,36-37,39,42H,5-12,14-16H2,1-4H3,(H2,33,41)/t17?,19-,32-/m0/s1. The Morgan fingerprint density at radius 3 is 2.36 bits per heavy atom. The maximum atomic E-state index is 14.0. The molecular formula is C32H43N3O7. The second-order valence-corrected chi connectivity index (χ2v) is 13.2. The summed E-state index contributed by atoms with van der Waals surface area (Å²) >= 11 is 0. The Morgan fingerprint density at radius 2 is 1.76 bits per heavy atom. The lowest BCUT2D eigenvalue weighted by atomic mass is 9.60. The summed E-state index contributed by atoms with van der Waals surface area (Å²) in [5, 5.41) is 44.4. The molecule has 1 aromatic rings. The molecule has 10 heteroatoms. The zero-order chi connectivity index (χ0) is 30.7. The summed E-state index contributed by atoms with van der Waals surface area (Å²) < 4.78 is 0. The van der Waals surface area contributed by atoms with Crippen LogP contribution in [0.25, 0.3) is 0 Å². The summed E-state index contributed by atoms with van der Waals surface area (Å²) in [4.78, 5) is 43.4. The number of rotatable bonds is 7. The van der Waals surface area contributed by atoms with Crippen LogP contribution < -0.4 is 10.6 Å². The first-order valence-corrected chi connectivity index (χ1v) is 15.0. The number of aromatic hydroxyl groups is 1. The van der Waals surface area contributed by atoms with E-state index in [1.54, 1.807) is 6.07 Å². The monoisotopic (exact) mass is 581 g/mol. The lowest BCUT2D eigenvalue weighted by molar-refractivity contribution is -0.144. The van der Waals surface area contributed by atoms with Crippen LogP contribution >= 0.6 is 0 Å². The number of aliphatic hydroxyl groups excluding tert-OH is 2. The second kappa shape index (κ2) is 10.7. The van der Waals surface area contributed by atoms with Crippen molar-refractivity contribution in [2.75, 3.05) is 32.1 Å². The van der Waals surface area contributed by atoms with Gasteiger partial charge >= 0.3 is 0 Å². The number of fused-ring (bicyclic) bond motifs is 3. The zero-order valence-corrected chi connectivity index (χ0v) is 25.0. The van der Waals surface area contributed by atoms with Gasteiger partial charge in [0.25, 0.3) is 5.91 Å². The minimum absolute atomic E-state index is 0.0429. The predicted octanol–water partition coefficient (Wildman–Crippen LogP) is 3.44. The molecule has 0 radical (unpaired) electrons. The Bertz CT molecular complexity index is 1400. The third kappa shape index (κ3) is 4.68. The molecule has 10 nitrogen and oxygen atoms in total. The molecule has 1 aromatic carbocycles. The van der Waals surface area contributed by atoms with Gasteiger partial charge in [-0.3, -0.25) is 19.3 Å². The number of phenols is 1. The van der Waals surface area contributed by atoms with Gasteiger partial charge in [0.05, 0.1) is 5.56 Å². The minimum Gasteiger partial charge on any atom is -0.511 e. The highest BCUT2D eigenvalue weighted by Gasteiger charge is 2.59. The van der Waals surface area contributed by atoms with Crippen molar-refractivity contribution in [2.45, 2.75) is 77.4 Å². The van der Waals surface area contributed by atoms with Crippen LogP contribution in [0, 0.1) is 17.3 Å². The third-order valence-electron chi connectivity index (χ3n) is 10.1. The number of hydrogen-bond donors (Lipinski definition) is 5. The Labute approximate surface area is 246 Å². The van der Waals surface area contributed by atoms with E-state index in [9.17, 15) is 34.8 Å². The van der Waals surface area contributed by atoms with Gasteiger partial charge in [-0.2, -0.15) is 0 Å². The van der Waals surface area contributed by atoms with E-state index in [0.717, 1.165) is 24.3 Å². The molecule has 0 spiro atoms. The van der Waals surface area contributed by atoms with Crippen LogP contribution in [0.2, 0.25) is 0 Å². The molecule has 0 aromatic heterocycles. The molecule has 1 saturated carbocycles. The molecule has 1 unspecified atom stereocenters. The van der Waals surface area contributed by atoms with E-state index in [2.05, 4.69) is 18.7 Å². The van der Waals surface area contributed by atoms with Crippen molar-refractivity contribution in [2.24, 2.45) is 23.0 Å². The number of carbonyl (C=O) groups is 3. The van der Waals surface area contributed by atoms with Crippen molar-refractivity contribution in [3.63, 3.8) is 0 Å². The van der Waals surface area contributed by atoms with Crippen LogP contribution in [0.3, 0.4) is 0 Å². The van der Waals surface area contributed by atoms with Crippen LogP contribution in [0.1, 0.15) is 80.3 Å². The van der Waals surface area contributed by atoms with Crippen LogP contribution in [-0.4, -0.2) is 75.6 Å². The second-order valence-electron chi connectivity index (χ2n) is 13.2. The predicted molar refractivity (Wildman–Crippen MR) is 157 cm³/mol. The maximum Gasteiger partial charge on any atom is 0.255 e. The summed E-state index contributed by atoms with van der Waals surface area (Å²) in [6, 6.07) is 1.62. The first-order chi connectivity index (χ1) is 19.7. The Kier molecular flexibility index (Phi) is 7.68. The SMILES string of the molecule is CCN(Cc1cc(O)c2c(c1N(C)C)CC1C[C@H]3CC(O)=C(C(N)=O)C(=O)[C@@]3(O)C(O)=C1C2=O)CC1(C)CCCCC1. The number of ketones is 2. The van der Waals surface area contributed by atoms with Gasteiger partial charge < -0.3 is 31.1 Å². The van der Waals surface area contributed by atoms with E-state index in [4.69, 9.17) is 5.73 Å². The van der Waals surface area contributed by atoms with E-state index in [-0.39, 0.29) is 41.6 Å². The first-order valence-electron chi connectivity index (χ1n) is 15.0. The average Bonchev–Trinajstić information content (AvgIpc) is 2.90. The van der Waals surface area contributed by atoms with Gasteiger partial charge in [-0.1, -0.05) is 33.1 Å². The Morgan fingerprint density at radius 1 is 1.10 bits per heavy atom. The Balaban J connectivity index is 1.56. The molecule has 0 bridgehead atoms. The molecule has 0 aliphatic heterocycles. The molecule has 6 N–H and O–H groups in total. The summed E-state index contributed by atoms with van der Waals surface area (Å²) in [6.45, 7) is 6.85. The van der Waals surface area contributed by atoms with Gasteiger partial charge in [0, 0.05) is 50.8 Å². The quantitative estimate of drug-likeness (QED) is 0.303. The smallest absolute Gasteiger partial charge is 0.255 e. The molecule has 3 atom stereocenters. The summed E-state index contributed by atoms with van der Waals surface area (Å²) in [5.74, 6) is -6.19. The van der Waals surface area contributed by atoms with E-state index in [1.807, 2.05) is 19.0 Å². The van der Waals surface area contributed by atoms with Gasteiger partial charge in [-0.25, -0.2) is 0 Å². The zero-order valence-electron chi connectivity index (χ0n) is 25.0. The van der Waals surface area contributed by atoms with Crippen LogP contribution in [0.15, 0.2) is 28.7 Å². The van der Waals surface area contributed by atoms with Gasteiger partial charge in [0.1, 0.15) is 22.8 Å². The van der Waals surface area contributed by atoms with Gasteiger partial charge in [0.2, 0.25) is 5.78 Å². The highest BCUT2D eigenvalue weighted by Crippen LogP contribution is 2.53. The number of Topliss-reactive ketones (excluding diaryl/α,β-unsaturated/α-hetero) is 2. The van der Waals surface area contributed by atoms with Crippen molar-refractivity contribution in [3.05, 3.63) is 45.4 Å². The number of hydrogen-bond acceptors (Lipinski definition) is 9. The largest absolute Gasteiger partial charge is 0.511 e. The first kappa shape index (κ1) is 30.1. The molecule has 228 valence electrons. The van der Waals surface area contributed by atoms with Crippen molar-refractivity contribution < 1.29 is 34.8 Å². The topological polar surface area (TPSA) is 165 Å². The number of nitrogens with zero attached hydrogens (tertiary/aromatic N) is 2. The number of nitrogens with two attached hydrogens (primary N) is 1. The maximum absolute atomic E-state index is 14.0. The van der Waals surface area contributed by atoms with E-state index in [1.165, 1.54) is 32.1 Å². The van der Waals surface area contributed by atoms with Crippen LogP contribution in [0.5, 0.6) is 5.75 Å². The fourth-order valence-corrected chi connectivity index (χ4v) is 8.04. The summed E-state index contributed by atoms with van der Waals surface area (Å²) in [7, 11) is 3.80. The number of aliphatic hydroxyl groups is 3. The van der Waals surface area contributed by atoms with Crippen molar-refractivity contribution >= 4 is 23.2 Å². The van der Waals surface area contributed by atoms with Crippen molar-refractivity contribution in [1.29, 1.82) is 0 Å². The summed E-state index contributed by atoms with van der Waals surface area (Å²) in [6.07, 6.45) is 6.29. The lowest BCUT2D eigenvalue weighted by Crippen LogP contribution is -2.57. The van der Waals surface area contributed by atoms with Gasteiger partial charge in [0.15, 0.2) is 11.4 Å². The normalized spacial score (nSPS) is 27.1. The minimum atomic E-state index is -2.56. The van der Waals surface area contributed by atoms with Crippen LogP contribution in [-0.2, 0) is 22.6 Å². The molecule has 5 rings (SSSR count). The number of allylic oxidation sites excluding steroid dienone is 2. The third-order valence-corrected chi connectivity index (χ3v) is 10.1. The highest BCUT2D eigenvalue weighted by atomic mass is 16.3. The van der Waals surface area contributed by atoms with Crippen molar-refractivity contribution in [1.82, 2.24) is 4.90 Å². The molecule has 42 heavy (non-hydrogen) atoms. The Hall–Kier alpha value is -3.37. The molecule has 0 saturated heterocycles. The molecule has 1 fully saturated rings. The fraction of sp³-hybridized carbons (Fsp3) is 0.594.